The molecule has 0 aliphatic carbocycles. The van der Waals surface area contributed by atoms with E-state index in [1.165, 1.54) is 0 Å². The number of carbonyl (C=O) groups is 2. The molecular formula is C31H47N3O6. The van der Waals surface area contributed by atoms with Crippen LogP contribution in [0.3, 0.4) is 0 Å². The standard InChI is InChI=1S/C31H47N3O6/c1-30(2,3)39-28(37)33-24(18-17-22-13-9-7-10-14-22)26(35)20-32-21-27(36)25(19-23-15-11-8-12-16-23)34-29(38)40-31(4,5)6/h7-16,24-27,32,35-36H,17-21H2,1-6H3,(H,33,37)(H,34,38)/t24-,25-,26+,27+/m1/s1. The lowest BCUT2D eigenvalue weighted by Crippen LogP contribution is -2.52. The monoisotopic (exact) mass is 557 g/mol. The fourth-order valence-electron chi connectivity index (χ4n) is 4.06. The Bertz CT molecular complexity index is 1020. The molecular weight excluding hydrogens is 510 g/mol. The first-order chi connectivity index (χ1) is 18.7. The molecule has 2 rings (SSSR count). The highest BCUT2D eigenvalue weighted by Gasteiger charge is 2.27. The van der Waals surface area contributed by atoms with Crippen LogP contribution in [0.25, 0.3) is 0 Å². The molecule has 2 aromatic carbocycles. The maximum Gasteiger partial charge on any atom is 0.407 e. The molecule has 4 atom stereocenters. The van der Waals surface area contributed by atoms with Crippen LogP contribution < -0.4 is 16.0 Å². The van der Waals surface area contributed by atoms with Gasteiger partial charge in [0.05, 0.1) is 24.3 Å². The Kier molecular flexibility index (Phi) is 12.9. The van der Waals surface area contributed by atoms with Crippen molar-refractivity contribution in [3.63, 3.8) is 0 Å². The van der Waals surface area contributed by atoms with Gasteiger partial charge >= 0.3 is 12.2 Å². The first kappa shape index (κ1) is 33.1. The molecule has 2 amide bonds. The largest absolute Gasteiger partial charge is 0.444 e. The van der Waals surface area contributed by atoms with Crippen LogP contribution in [0.5, 0.6) is 0 Å². The number of ether oxygens (including phenoxy) is 2. The molecule has 222 valence electrons. The van der Waals surface area contributed by atoms with Crippen molar-refractivity contribution in [3.8, 4) is 0 Å². The van der Waals surface area contributed by atoms with Crippen LogP contribution >= 0.6 is 0 Å². The third kappa shape index (κ3) is 13.8. The molecule has 0 saturated carbocycles. The first-order valence-electron chi connectivity index (χ1n) is 13.9. The van der Waals surface area contributed by atoms with E-state index in [2.05, 4.69) is 16.0 Å². The summed E-state index contributed by atoms with van der Waals surface area (Å²) in [5.41, 5.74) is 0.692. The third-order valence-electron chi connectivity index (χ3n) is 5.93. The molecule has 0 aliphatic rings. The van der Waals surface area contributed by atoms with Crippen LogP contribution in [0.15, 0.2) is 60.7 Å². The van der Waals surface area contributed by atoms with Crippen molar-refractivity contribution in [1.82, 2.24) is 16.0 Å². The highest BCUT2D eigenvalue weighted by Crippen LogP contribution is 2.13. The van der Waals surface area contributed by atoms with Crippen LogP contribution in [-0.4, -0.2) is 71.0 Å². The molecule has 0 radical (unpaired) electrons. The molecule has 2 aromatic rings. The lowest BCUT2D eigenvalue weighted by molar-refractivity contribution is 0.0394. The summed E-state index contributed by atoms with van der Waals surface area (Å²) in [6.07, 6.45) is -1.60. The number of nitrogens with one attached hydrogen (secondary N) is 3. The fourth-order valence-corrected chi connectivity index (χ4v) is 4.06. The number of hydrogen-bond acceptors (Lipinski definition) is 7. The van der Waals surface area contributed by atoms with Crippen molar-refractivity contribution in [2.24, 2.45) is 0 Å². The topological polar surface area (TPSA) is 129 Å². The summed E-state index contributed by atoms with van der Waals surface area (Å²) in [5, 5.41) is 30.6. The van der Waals surface area contributed by atoms with Gasteiger partial charge in [-0.3, -0.25) is 0 Å². The Morgan fingerprint density at radius 2 is 1.12 bits per heavy atom. The van der Waals surface area contributed by atoms with Crippen molar-refractivity contribution < 1.29 is 29.3 Å². The molecule has 0 aliphatic heterocycles. The van der Waals surface area contributed by atoms with E-state index in [1.807, 2.05) is 60.7 Å². The van der Waals surface area contributed by atoms with Gasteiger partial charge in [-0.05, 0) is 71.9 Å². The minimum Gasteiger partial charge on any atom is -0.444 e. The van der Waals surface area contributed by atoms with E-state index in [0.29, 0.717) is 19.3 Å². The summed E-state index contributed by atoms with van der Waals surface area (Å²) in [6.45, 7) is 10.9. The highest BCUT2D eigenvalue weighted by molar-refractivity contribution is 5.68. The lowest BCUT2D eigenvalue weighted by Gasteiger charge is -2.29. The average molecular weight is 558 g/mol. The summed E-state index contributed by atoms with van der Waals surface area (Å²) >= 11 is 0. The zero-order valence-corrected chi connectivity index (χ0v) is 24.6. The molecule has 0 heterocycles. The fraction of sp³-hybridized carbons (Fsp3) is 0.548. The molecule has 5 N–H and O–H groups in total. The molecule has 0 bridgehead atoms. The summed E-state index contributed by atoms with van der Waals surface area (Å²) in [6, 6.07) is 18.2. The van der Waals surface area contributed by atoms with Crippen LogP contribution in [0.2, 0.25) is 0 Å². The average Bonchev–Trinajstić information content (AvgIpc) is 2.85. The molecule has 40 heavy (non-hydrogen) atoms. The number of benzene rings is 2. The maximum absolute atomic E-state index is 12.5. The number of amides is 2. The van der Waals surface area contributed by atoms with E-state index in [4.69, 9.17) is 9.47 Å². The number of aryl methyl sites for hydroxylation is 1. The van der Waals surface area contributed by atoms with Crippen molar-refractivity contribution in [1.29, 1.82) is 0 Å². The van der Waals surface area contributed by atoms with E-state index in [1.54, 1.807) is 41.5 Å². The highest BCUT2D eigenvalue weighted by atomic mass is 16.6. The minimum atomic E-state index is -0.971. The van der Waals surface area contributed by atoms with Gasteiger partial charge < -0.3 is 35.6 Å². The van der Waals surface area contributed by atoms with Gasteiger partial charge in [-0.2, -0.15) is 0 Å². The van der Waals surface area contributed by atoms with Gasteiger partial charge in [0.15, 0.2) is 0 Å². The lowest BCUT2D eigenvalue weighted by atomic mass is 10.00. The third-order valence-corrected chi connectivity index (χ3v) is 5.93. The SMILES string of the molecule is CC(C)(C)OC(=O)N[C@H](CCc1ccccc1)[C@@H](O)CNC[C@H](O)[C@@H](Cc1ccccc1)NC(=O)OC(C)(C)C. The number of aliphatic hydroxyl groups is 2. The van der Waals surface area contributed by atoms with Gasteiger partial charge in [0.25, 0.3) is 0 Å². The summed E-state index contributed by atoms with van der Waals surface area (Å²) in [5.74, 6) is 0. The van der Waals surface area contributed by atoms with E-state index >= 15 is 0 Å². The van der Waals surface area contributed by atoms with Gasteiger partial charge in [0, 0.05) is 13.1 Å². The number of alkyl carbamates (subject to hydrolysis) is 2. The Balaban J connectivity index is 2.01. The quantitative estimate of drug-likeness (QED) is 0.252. The summed E-state index contributed by atoms with van der Waals surface area (Å²) < 4.78 is 10.8. The van der Waals surface area contributed by atoms with E-state index in [0.717, 1.165) is 11.1 Å². The zero-order valence-electron chi connectivity index (χ0n) is 24.6. The van der Waals surface area contributed by atoms with Crippen molar-refractivity contribution in [3.05, 3.63) is 71.8 Å². The Morgan fingerprint density at radius 1 is 0.700 bits per heavy atom. The molecule has 0 aromatic heterocycles. The second-order valence-electron chi connectivity index (χ2n) is 12.0. The molecule has 9 heteroatoms. The Morgan fingerprint density at radius 3 is 1.60 bits per heavy atom. The van der Waals surface area contributed by atoms with Crippen LogP contribution in [-0.2, 0) is 22.3 Å². The number of carbonyl (C=O) groups excluding carboxylic acids is 2. The number of aliphatic hydroxyl groups excluding tert-OH is 2. The maximum atomic E-state index is 12.5. The van der Waals surface area contributed by atoms with Crippen molar-refractivity contribution >= 4 is 12.2 Å². The van der Waals surface area contributed by atoms with E-state index < -0.39 is 47.7 Å². The number of rotatable bonds is 13. The molecule has 9 nitrogen and oxygen atoms in total. The van der Waals surface area contributed by atoms with Gasteiger partial charge in [-0.25, -0.2) is 9.59 Å². The minimum absolute atomic E-state index is 0.0994. The Labute approximate surface area is 238 Å². The summed E-state index contributed by atoms with van der Waals surface area (Å²) in [7, 11) is 0. The van der Waals surface area contributed by atoms with Gasteiger partial charge in [-0.1, -0.05) is 60.7 Å². The van der Waals surface area contributed by atoms with Crippen LogP contribution in [0.4, 0.5) is 9.59 Å². The van der Waals surface area contributed by atoms with Crippen molar-refractivity contribution in [2.45, 2.75) is 96.3 Å². The zero-order chi connectivity index (χ0) is 29.8. The van der Waals surface area contributed by atoms with Gasteiger partial charge in [0.1, 0.15) is 11.2 Å². The van der Waals surface area contributed by atoms with Crippen LogP contribution in [0.1, 0.15) is 59.1 Å². The second-order valence-corrected chi connectivity index (χ2v) is 12.0. The van der Waals surface area contributed by atoms with Crippen molar-refractivity contribution in [2.75, 3.05) is 13.1 Å². The normalized spacial score (nSPS) is 14.9. The molecule has 0 spiro atoms. The predicted octanol–water partition coefficient (Wildman–Crippen LogP) is 3.96. The summed E-state index contributed by atoms with van der Waals surface area (Å²) in [4.78, 5) is 24.9. The molecule has 0 saturated heterocycles. The van der Waals surface area contributed by atoms with E-state index in [-0.39, 0.29) is 13.1 Å². The smallest absolute Gasteiger partial charge is 0.407 e. The van der Waals surface area contributed by atoms with Gasteiger partial charge in [0.2, 0.25) is 0 Å². The second kappa shape index (κ2) is 15.6. The Hall–Kier alpha value is -3.14. The molecule has 0 fully saturated rings. The first-order valence-corrected chi connectivity index (χ1v) is 13.9. The number of hydrogen-bond donors (Lipinski definition) is 5. The predicted molar refractivity (Wildman–Crippen MR) is 156 cm³/mol. The van der Waals surface area contributed by atoms with Gasteiger partial charge in [-0.15, -0.1) is 0 Å². The molecule has 0 unspecified atom stereocenters. The van der Waals surface area contributed by atoms with Crippen LogP contribution in [0, 0.1) is 0 Å². The van der Waals surface area contributed by atoms with E-state index in [9.17, 15) is 19.8 Å².